The molecule has 0 bridgehead atoms. The zero-order chi connectivity index (χ0) is 15.1. The van der Waals surface area contributed by atoms with E-state index >= 15 is 0 Å². The Morgan fingerprint density at radius 1 is 0.850 bits per heavy atom. The van der Waals surface area contributed by atoms with Gasteiger partial charge in [0.1, 0.15) is 0 Å². The smallest absolute Gasteiger partial charge is 0.338 e. The molecule has 0 saturated heterocycles. The Morgan fingerprint density at radius 2 is 1.15 bits per heavy atom. The highest BCUT2D eigenvalue weighted by Crippen LogP contribution is 2.11. The first kappa shape index (κ1) is 16.2. The second-order valence-electron chi connectivity index (χ2n) is 4.83. The number of hydrogen-bond donors (Lipinski definition) is 0. The molecule has 0 N–H and O–H groups in total. The van der Waals surface area contributed by atoms with Crippen LogP contribution in [0.15, 0.2) is 24.3 Å². The van der Waals surface area contributed by atoms with Gasteiger partial charge in [-0.3, -0.25) is 0 Å². The third kappa shape index (κ3) is 4.68. The van der Waals surface area contributed by atoms with Gasteiger partial charge in [-0.2, -0.15) is 0 Å². The summed E-state index contributed by atoms with van der Waals surface area (Å²) in [5, 5.41) is 0. The third-order valence-corrected chi connectivity index (χ3v) is 3.12. The average molecular weight is 278 g/mol. The summed E-state index contributed by atoms with van der Waals surface area (Å²) in [6.07, 6.45) is 1.31. The highest BCUT2D eigenvalue weighted by atomic mass is 16.5. The zero-order valence-electron chi connectivity index (χ0n) is 12.5. The van der Waals surface area contributed by atoms with Gasteiger partial charge in [-0.25, -0.2) is 9.59 Å². The fourth-order valence-electron chi connectivity index (χ4n) is 1.41. The average Bonchev–Trinajstić information content (AvgIpc) is 2.46. The van der Waals surface area contributed by atoms with Gasteiger partial charge < -0.3 is 9.47 Å². The van der Waals surface area contributed by atoms with E-state index in [-0.39, 0.29) is 24.1 Å². The molecule has 4 heteroatoms. The fourth-order valence-corrected chi connectivity index (χ4v) is 1.41. The molecule has 20 heavy (non-hydrogen) atoms. The van der Waals surface area contributed by atoms with Crippen molar-refractivity contribution in [2.45, 2.75) is 52.7 Å². The Balaban J connectivity index is 2.68. The van der Waals surface area contributed by atoms with Gasteiger partial charge >= 0.3 is 11.9 Å². The van der Waals surface area contributed by atoms with Crippen LogP contribution in [-0.2, 0) is 9.47 Å². The molecule has 0 aliphatic carbocycles. The van der Waals surface area contributed by atoms with E-state index in [9.17, 15) is 9.59 Å². The number of ether oxygens (including phenoxy) is 2. The van der Waals surface area contributed by atoms with Crippen LogP contribution in [0, 0.1) is 0 Å². The molecular formula is C16H22O4. The summed E-state index contributed by atoms with van der Waals surface area (Å²) in [5.74, 6) is -0.748. The summed E-state index contributed by atoms with van der Waals surface area (Å²) >= 11 is 0. The first-order valence-corrected chi connectivity index (χ1v) is 6.99. The maximum atomic E-state index is 11.8. The number of carbonyl (C=O) groups is 2. The van der Waals surface area contributed by atoms with Gasteiger partial charge in [0.25, 0.3) is 0 Å². The van der Waals surface area contributed by atoms with Crippen LogP contribution in [0.3, 0.4) is 0 Å². The van der Waals surface area contributed by atoms with Crippen LogP contribution in [-0.4, -0.2) is 24.1 Å². The molecule has 0 amide bonds. The predicted octanol–water partition coefficient (Wildman–Crippen LogP) is 3.60. The summed E-state index contributed by atoms with van der Waals surface area (Å²) in [6.45, 7) is 7.59. The second kappa shape index (κ2) is 7.68. The maximum absolute atomic E-state index is 11.8. The Labute approximate surface area is 120 Å². The number of rotatable bonds is 6. The van der Waals surface area contributed by atoms with Gasteiger partial charge in [-0.15, -0.1) is 0 Å². The van der Waals surface area contributed by atoms with Crippen LogP contribution < -0.4 is 0 Å². The molecule has 110 valence electrons. The molecule has 2 atom stereocenters. The predicted molar refractivity (Wildman–Crippen MR) is 76.8 cm³/mol. The third-order valence-electron chi connectivity index (χ3n) is 3.12. The van der Waals surface area contributed by atoms with Gasteiger partial charge in [0.15, 0.2) is 0 Å². The van der Waals surface area contributed by atoms with E-state index in [0.717, 1.165) is 12.8 Å². The van der Waals surface area contributed by atoms with Crippen molar-refractivity contribution < 1.29 is 19.1 Å². The van der Waals surface area contributed by atoms with E-state index < -0.39 is 0 Å². The molecular weight excluding hydrogens is 256 g/mol. The molecule has 4 nitrogen and oxygen atoms in total. The van der Waals surface area contributed by atoms with Crippen molar-refractivity contribution in [1.29, 1.82) is 0 Å². The summed E-state index contributed by atoms with van der Waals surface area (Å²) in [7, 11) is 0. The van der Waals surface area contributed by atoms with E-state index in [4.69, 9.17) is 9.47 Å². The Kier molecular flexibility index (Phi) is 6.22. The zero-order valence-corrected chi connectivity index (χ0v) is 12.5. The number of carbonyl (C=O) groups excluding carboxylic acids is 2. The van der Waals surface area contributed by atoms with Gasteiger partial charge in [-0.1, -0.05) is 13.8 Å². The van der Waals surface area contributed by atoms with E-state index in [1.165, 1.54) is 0 Å². The molecule has 0 aliphatic rings. The molecule has 0 saturated carbocycles. The molecule has 1 aromatic rings. The highest BCUT2D eigenvalue weighted by Gasteiger charge is 2.14. The summed E-state index contributed by atoms with van der Waals surface area (Å²) < 4.78 is 10.4. The molecule has 2 unspecified atom stereocenters. The molecule has 1 aromatic carbocycles. The van der Waals surface area contributed by atoms with E-state index in [1.807, 2.05) is 27.7 Å². The largest absolute Gasteiger partial charge is 0.459 e. The fraction of sp³-hybridized carbons (Fsp3) is 0.500. The van der Waals surface area contributed by atoms with Crippen LogP contribution in [0.25, 0.3) is 0 Å². The maximum Gasteiger partial charge on any atom is 0.338 e. The molecule has 1 rings (SSSR count). The van der Waals surface area contributed by atoms with Gasteiger partial charge in [-0.05, 0) is 51.0 Å². The molecule has 0 fully saturated rings. The van der Waals surface area contributed by atoms with Crippen LogP contribution in [0.2, 0.25) is 0 Å². The lowest BCUT2D eigenvalue weighted by Crippen LogP contribution is -2.15. The van der Waals surface area contributed by atoms with Crippen molar-refractivity contribution in [3.05, 3.63) is 35.4 Å². The number of benzene rings is 1. The lowest BCUT2D eigenvalue weighted by Gasteiger charge is -2.12. The quantitative estimate of drug-likeness (QED) is 0.746. The monoisotopic (exact) mass is 278 g/mol. The van der Waals surface area contributed by atoms with Gasteiger partial charge in [0.05, 0.1) is 23.3 Å². The van der Waals surface area contributed by atoms with Crippen LogP contribution in [0.4, 0.5) is 0 Å². The van der Waals surface area contributed by atoms with E-state index in [0.29, 0.717) is 11.1 Å². The summed E-state index contributed by atoms with van der Waals surface area (Å²) in [6, 6.07) is 6.33. The van der Waals surface area contributed by atoms with Crippen LogP contribution in [0.1, 0.15) is 61.3 Å². The van der Waals surface area contributed by atoms with Crippen molar-refractivity contribution in [3.8, 4) is 0 Å². The van der Waals surface area contributed by atoms with Gasteiger partial charge in [0, 0.05) is 0 Å². The molecule has 0 aromatic heterocycles. The van der Waals surface area contributed by atoms with Crippen molar-refractivity contribution in [2.75, 3.05) is 0 Å². The van der Waals surface area contributed by atoms with Crippen LogP contribution in [0.5, 0.6) is 0 Å². The van der Waals surface area contributed by atoms with Crippen molar-refractivity contribution in [3.63, 3.8) is 0 Å². The molecule has 0 spiro atoms. The molecule has 0 radical (unpaired) electrons. The molecule has 0 aliphatic heterocycles. The Hall–Kier alpha value is -1.84. The van der Waals surface area contributed by atoms with E-state index in [2.05, 4.69) is 0 Å². The van der Waals surface area contributed by atoms with Crippen molar-refractivity contribution >= 4 is 11.9 Å². The lowest BCUT2D eigenvalue weighted by molar-refractivity contribution is 0.0319. The summed E-state index contributed by atoms with van der Waals surface area (Å²) in [4.78, 5) is 23.6. The Morgan fingerprint density at radius 3 is 1.40 bits per heavy atom. The normalized spacial score (nSPS) is 13.4. The van der Waals surface area contributed by atoms with Crippen molar-refractivity contribution in [2.24, 2.45) is 0 Å². The SMILES string of the molecule is CCC(C)OC(=O)c1ccc(C(=O)OC(C)CC)cc1. The second-order valence-corrected chi connectivity index (χ2v) is 4.83. The summed E-state index contributed by atoms with van der Waals surface area (Å²) in [5.41, 5.74) is 0.871. The topological polar surface area (TPSA) is 52.6 Å². The Bertz CT molecular complexity index is 407. The molecule has 0 heterocycles. The number of hydrogen-bond acceptors (Lipinski definition) is 4. The lowest BCUT2D eigenvalue weighted by atomic mass is 10.1. The first-order valence-electron chi connectivity index (χ1n) is 6.99. The minimum Gasteiger partial charge on any atom is -0.459 e. The minimum atomic E-state index is -0.374. The van der Waals surface area contributed by atoms with Crippen molar-refractivity contribution in [1.82, 2.24) is 0 Å². The standard InChI is InChI=1S/C16H22O4/c1-5-11(3)19-15(17)13-7-9-14(10-8-13)16(18)20-12(4)6-2/h7-12H,5-6H2,1-4H3. The highest BCUT2D eigenvalue weighted by molar-refractivity contribution is 5.93. The minimum absolute atomic E-state index is 0.113. The first-order chi connectivity index (χ1) is 9.47. The van der Waals surface area contributed by atoms with Crippen LogP contribution >= 0.6 is 0 Å². The van der Waals surface area contributed by atoms with Gasteiger partial charge in [0.2, 0.25) is 0 Å². The van der Waals surface area contributed by atoms with E-state index in [1.54, 1.807) is 24.3 Å². The number of esters is 2.